The molecule has 0 saturated carbocycles. The Morgan fingerprint density at radius 1 is 1.44 bits per heavy atom. The number of aryl methyl sites for hydroxylation is 1. The average molecular weight is 261 g/mol. The first-order chi connectivity index (χ1) is 8.54. The van der Waals surface area contributed by atoms with Crippen LogP contribution in [0.15, 0.2) is 30.5 Å². The van der Waals surface area contributed by atoms with E-state index in [1.807, 2.05) is 13.0 Å². The number of aromatic nitrogens is 1. The normalized spacial score (nSPS) is 10.1. The zero-order chi connectivity index (χ0) is 13.3. The molecule has 0 amide bonds. The lowest BCUT2D eigenvalue weighted by Gasteiger charge is -2.10. The Kier molecular flexibility index (Phi) is 3.09. The summed E-state index contributed by atoms with van der Waals surface area (Å²) in [6.07, 6.45) is 1.57. The smallest absolute Gasteiger partial charge is 0.354 e. The predicted molar refractivity (Wildman–Crippen MR) is 67.2 cm³/mol. The van der Waals surface area contributed by atoms with Gasteiger partial charge in [-0.3, -0.25) is 0 Å². The molecule has 0 bridgehead atoms. The van der Waals surface area contributed by atoms with Crippen molar-refractivity contribution in [2.24, 2.45) is 0 Å². The van der Waals surface area contributed by atoms with E-state index in [1.165, 1.54) is 10.6 Å². The van der Waals surface area contributed by atoms with Crippen molar-refractivity contribution in [3.8, 4) is 11.8 Å². The molecule has 1 N–H and O–H groups in total. The van der Waals surface area contributed by atoms with Gasteiger partial charge >= 0.3 is 5.97 Å². The molecule has 4 nitrogen and oxygen atoms in total. The number of carbonyl (C=O) groups is 1. The number of rotatable bonds is 2. The predicted octanol–water partition coefficient (Wildman–Crippen LogP) is 3.01. The number of hydrogen-bond donors (Lipinski definition) is 1. The van der Waals surface area contributed by atoms with E-state index in [4.69, 9.17) is 16.9 Å². The first kappa shape index (κ1) is 12.2. The van der Waals surface area contributed by atoms with Crippen molar-refractivity contribution < 1.29 is 9.90 Å². The monoisotopic (exact) mass is 260 g/mol. The second-order valence-corrected chi connectivity index (χ2v) is 4.23. The molecule has 0 unspecified atom stereocenters. The van der Waals surface area contributed by atoms with Crippen LogP contribution < -0.4 is 0 Å². The first-order valence-corrected chi connectivity index (χ1v) is 5.53. The van der Waals surface area contributed by atoms with E-state index in [0.717, 1.165) is 5.56 Å². The first-order valence-electron chi connectivity index (χ1n) is 5.16. The van der Waals surface area contributed by atoms with E-state index < -0.39 is 5.97 Å². The standard InChI is InChI=1S/C13H9ClN2O2/c1-8-6-10(14)2-3-11(8)16-5-4-9(7-15)12(16)13(17)18/h2-6H,1H3,(H,17,18). The highest BCUT2D eigenvalue weighted by Crippen LogP contribution is 2.22. The number of halogens is 1. The number of aromatic carboxylic acids is 1. The Morgan fingerprint density at radius 2 is 2.17 bits per heavy atom. The van der Waals surface area contributed by atoms with Crippen LogP contribution in [0.25, 0.3) is 5.69 Å². The molecule has 0 aliphatic carbocycles. The van der Waals surface area contributed by atoms with Crippen LogP contribution in [-0.4, -0.2) is 15.6 Å². The van der Waals surface area contributed by atoms with Crippen molar-refractivity contribution in [1.82, 2.24) is 4.57 Å². The summed E-state index contributed by atoms with van der Waals surface area (Å²) >= 11 is 5.86. The van der Waals surface area contributed by atoms with Crippen molar-refractivity contribution in [2.75, 3.05) is 0 Å². The van der Waals surface area contributed by atoms with E-state index in [-0.39, 0.29) is 11.3 Å². The summed E-state index contributed by atoms with van der Waals surface area (Å²) in [6.45, 7) is 1.83. The number of hydrogen-bond acceptors (Lipinski definition) is 2. The van der Waals surface area contributed by atoms with Crippen LogP contribution in [0.2, 0.25) is 5.02 Å². The lowest BCUT2D eigenvalue weighted by molar-refractivity contribution is 0.0688. The maximum atomic E-state index is 11.2. The zero-order valence-corrected chi connectivity index (χ0v) is 10.3. The van der Waals surface area contributed by atoms with Gasteiger partial charge < -0.3 is 9.67 Å². The van der Waals surface area contributed by atoms with E-state index in [9.17, 15) is 9.90 Å². The summed E-state index contributed by atoms with van der Waals surface area (Å²) in [5.41, 5.74) is 1.63. The van der Waals surface area contributed by atoms with Gasteiger partial charge in [-0.25, -0.2) is 4.79 Å². The van der Waals surface area contributed by atoms with Crippen molar-refractivity contribution in [3.63, 3.8) is 0 Å². The van der Waals surface area contributed by atoms with Crippen molar-refractivity contribution in [3.05, 3.63) is 52.3 Å². The average Bonchev–Trinajstić information content (AvgIpc) is 2.72. The third-order valence-electron chi connectivity index (χ3n) is 2.63. The fraction of sp³-hybridized carbons (Fsp3) is 0.0769. The Morgan fingerprint density at radius 3 is 2.72 bits per heavy atom. The van der Waals surface area contributed by atoms with Gasteiger partial charge in [0.05, 0.1) is 5.56 Å². The fourth-order valence-electron chi connectivity index (χ4n) is 1.83. The molecule has 18 heavy (non-hydrogen) atoms. The molecule has 0 aliphatic rings. The van der Waals surface area contributed by atoms with E-state index in [1.54, 1.807) is 24.4 Å². The molecule has 1 heterocycles. The molecule has 2 rings (SSSR count). The highest BCUT2D eigenvalue weighted by molar-refractivity contribution is 6.30. The highest BCUT2D eigenvalue weighted by atomic mass is 35.5. The molecule has 0 atom stereocenters. The molecule has 5 heteroatoms. The van der Waals surface area contributed by atoms with Gasteiger partial charge in [0.15, 0.2) is 0 Å². The van der Waals surface area contributed by atoms with Crippen LogP contribution in [0.3, 0.4) is 0 Å². The summed E-state index contributed by atoms with van der Waals surface area (Å²) in [4.78, 5) is 11.2. The number of nitriles is 1. The topological polar surface area (TPSA) is 66.0 Å². The van der Waals surface area contributed by atoms with Crippen molar-refractivity contribution in [1.29, 1.82) is 5.26 Å². The molecule has 90 valence electrons. The molecule has 0 aliphatic heterocycles. The third-order valence-corrected chi connectivity index (χ3v) is 2.86. The van der Waals surface area contributed by atoms with Gasteiger partial charge in [-0.2, -0.15) is 5.26 Å². The molecular formula is C13H9ClN2O2. The zero-order valence-electron chi connectivity index (χ0n) is 9.51. The lowest BCUT2D eigenvalue weighted by Crippen LogP contribution is -2.08. The molecule has 2 aromatic rings. The minimum atomic E-state index is -1.13. The number of benzene rings is 1. The number of nitrogens with zero attached hydrogens (tertiary/aromatic N) is 2. The molecule has 0 saturated heterocycles. The molecule has 0 radical (unpaired) electrons. The summed E-state index contributed by atoms with van der Waals surface area (Å²) in [6, 6.07) is 8.51. The highest BCUT2D eigenvalue weighted by Gasteiger charge is 2.18. The number of carboxylic acid groups (broad SMARTS) is 1. The van der Waals surface area contributed by atoms with Gasteiger partial charge in [0, 0.05) is 16.9 Å². The van der Waals surface area contributed by atoms with Crippen LogP contribution in [0.5, 0.6) is 0 Å². The van der Waals surface area contributed by atoms with Gasteiger partial charge in [-0.15, -0.1) is 0 Å². The quantitative estimate of drug-likeness (QED) is 0.903. The molecular weight excluding hydrogens is 252 g/mol. The third kappa shape index (κ3) is 1.96. The van der Waals surface area contributed by atoms with Crippen LogP contribution in [0.4, 0.5) is 0 Å². The van der Waals surface area contributed by atoms with Gasteiger partial charge in [-0.05, 0) is 36.8 Å². The minimum Gasteiger partial charge on any atom is -0.477 e. The van der Waals surface area contributed by atoms with E-state index >= 15 is 0 Å². The number of carboxylic acids is 1. The van der Waals surface area contributed by atoms with Crippen molar-refractivity contribution >= 4 is 17.6 Å². The lowest BCUT2D eigenvalue weighted by atomic mass is 10.2. The second-order valence-electron chi connectivity index (χ2n) is 3.80. The maximum Gasteiger partial charge on any atom is 0.354 e. The Hall–Kier alpha value is -2.25. The van der Waals surface area contributed by atoms with Crippen molar-refractivity contribution in [2.45, 2.75) is 6.92 Å². The molecule has 0 fully saturated rings. The van der Waals surface area contributed by atoms with Gasteiger partial charge in [-0.1, -0.05) is 11.6 Å². The summed E-state index contributed by atoms with van der Waals surface area (Å²) in [5, 5.41) is 18.7. The van der Waals surface area contributed by atoms with Gasteiger partial charge in [0.2, 0.25) is 0 Å². The minimum absolute atomic E-state index is 0.0390. The maximum absolute atomic E-state index is 11.2. The largest absolute Gasteiger partial charge is 0.477 e. The van der Waals surface area contributed by atoms with Gasteiger partial charge in [0.25, 0.3) is 0 Å². The molecule has 1 aromatic carbocycles. The van der Waals surface area contributed by atoms with Crippen LogP contribution in [0.1, 0.15) is 21.6 Å². The summed E-state index contributed by atoms with van der Waals surface area (Å²) in [5.74, 6) is -1.13. The summed E-state index contributed by atoms with van der Waals surface area (Å²) < 4.78 is 1.48. The van der Waals surface area contributed by atoms with Gasteiger partial charge in [0.1, 0.15) is 11.8 Å². The van der Waals surface area contributed by atoms with Crippen LogP contribution in [-0.2, 0) is 0 Å². The Balaban J connectivity index is 2.69. The van der Waals surface area contributed by atoms with E-state index in [2.05, 4.69) is 0 Å². The molecule has 0 spiro atoms. The Bertz CT molecular complexity index is 668. The summed E-state index contributed by atoms with van der Waals surface area (Å²) in [7, 11) is 0. The van der Waals surface area contributed by atoms with Crippen LogP contribution in [0, 0.1) is 18.3 Å². The molecule has 1 aromatic heterocycles. The Labute approximate surface area is 109 Å². The second kappa shape index (κ2) is 4.55. The van der Waals surface area contributed by atoms with E-state index in [0.29, 0.717) is 10.7 Å². The van der Waals surface area contributed by atoms with Crippen LogP contribution >= 0.6 is 11.6 Å². The SMILES string of the molecule is Cc1cc(Cl)ccc1-n1ccc(C#N)c1C(=O)O. The fourth-order valence-corrected chi connectivity index (χ4v) is 2.06.